The van der Waals surface area contributed by atoms with Crippen molar-refractivity contribution in [2.75, 3.05) is 10.7 Å². The van der Waals surface area contributed by atoms with Gasteiger partial charge in [-0.25, -0.2) is 4.98 Å². The fraction of sp³-hybridized carbons (Fsp3) is 0. The summed E-state index contributed by atoms with van der Waals surface area (Å²) >= 11 is 10.9. The normalized spacial score (nSPS) is 9.61. The number of nitrogens with one attached hydrogen (secondary N) is 3. The van der Waals surface area contributed by atoms with Crippen molar-refractivity contribution in [1.82, 2.24) is 10.4 Å². The second-order valence-corrected chi connectivity index (χ2v) is 4.27. The molecule has 0 unspecified atom stereocenters. The monoisotopic (exact) mass is 278 g/mol. The molecule has 0 atom stereocenters. The Morgan fingerprint density at radius 3 is 2.56 bits per heavy atom. The number of rotatable bonds is 3. The third-order valence-corrected chi connectivity index (χ3v) is 2.53. The summed E-state index contributed by atoms with van der Waals surface area (Å²) in [6, 6.07) is 12.8. The van der Waals surface area contributed by atoms with Crippen LogP contribution in [0, 0.1) is 0 Å². The zero-order valence-corrected chi connectivity index (χ0v) is 10.9. The maximum Gasteiger partial charge on any atom is 0.189 e. The number of nitrogens with zero attached hydrogens (tertiary/aromatic N) is 1. The molecule has 0 aliphatic heterocycles. The Bertz CT molecular complexity index is 515. The minimum Gasteiger partial charge on any atom is -0.331 e. The number of thiocarbonyl (C=S) groups is 1. The van der Waals surface area contributed by atoms with E-state index < -0.39 is 0 Å². The van der Waals surface area contributed by atoms with Gasteiger partial charge in [0.25, 0.3) is 0 Å². The predicted molar refractivity (Wildman–Crippen MR) is 78.7 cm³/mol. The maximum atomic E-state index is 5.79. The molecule has 18 heavy (non-hydrogen) atoms. The molecule has 2 aromatic rings. The molecule has 0 aliphatic carbocycles. The Hall–Kier alpha value is -1.85. The molecule has 0 fully saturated rings. The van der Waals surface area contributed by atoms with E-state index in [0.717, 1.165) is 5.69 Å². The molecular formula is C12H11ClN4S. The van der Waals surface area contributed by atoms with E-state index in [2.05, 4.69) is 21.2 Å². The van der Waals surface area contributed by atoms with Gasteiger partial charge in [0.2, 0.25) is 0 Å². The van der Waals surface area contributed by atoms with E-state index in [9.17, 15) is 0 Å². The number of hydrogen-bond donors (Lipinski definition) is 3. The third kappa shape index (κ3) is 3.87. The average molecular weight is 279 g/mol. The Morgan fingerprint density at radius 2 is 1.89 bits per heavy atom. The van der Waals surface area contributed by atoms with E-state index in [-0.39, 0.29) is 0 Å². The van der Waals surface area contributed by atoms with E-state index in [1.165, 1.54) is 0 Å². The molecule has 92 valence electrons. The average Bonchev–Trinajstić information content (AvgIpc) is 2.40. The van der Waals surface area contributed by atoms with Crippen LogP contribution < -0.4 is 16.2 Å². The van der Waals surface area contributed by atoms with Crippen molar-refractivity contribution < 1.29 is 0 Å². The Morgan fingerprint density at radius 1 is 1.11 bits per heavy atom. The van der Waals surface area contributed by atoms with Crippen LogP contribution in [0.5, 0.6) is 0 Å². The highest BCUT2D eigenvalue weighted by molar-refractivity contribution is 7.80. The van der Waals surface area contributed by atoms with Gasteiger partial charge >= 0.3 is 0 Å². The number of benzene rings is 1. The minimum absolute atomic E-state index is 0.447. The van der Waals surface area contributed by atoms with Gasteiger partial charge in [-0.1, -0.05) is 17.7 Å². The molecule has 0 spiro atoms. The molecule has 2 rings (SSSR count). The van der Waals surface area contributed by atoms with Gasteiger partial charge in [-0.2, -0.15) is 0 Å². The van der Waals surface area contributed by atoms with Crippen LogP contribution in [0.2, 0.25) is 5.02 Å². The molecule has 1 aromatic heterocycles. The van der Waals surface area contributed by atoms with Crippen molar-refractivity contribution in [3.05, 3.63) is 53.7 Å². The topological polar surface area (TPSA) is 49.0 Å². The van der Waals surface area contributed by atoms with Crippen LogP contribution in [0.3, 0.4) is 0 Å². The highest BCUT2D eigenvalue weighted by Gasteiger charge is 1.97. The Balaban J connectivity index is 1.84. The van der Waals surface area contributed by atoms with Crippen LogP contribution in [-0.4, -0.2) is 10.1 Å². The van der Waals surface area contributed by atoms with Gasteiger partial charge in [0.05, 0.1) is 0 Å². The van der Waals surface area contributed by atoms with Crippen LogP contribution in [0.15, 0.2) is 48.7 Å². The van der Waals surface area contributed by atoms with Gasteiger partial charge in [-0.15, -0.1) is 0 Å². The molecule has 1 aromatic carbocycles. The fourth-order valence-corrected chi connectivity index (χ4v) is 1.55. The molecule has 1 heterocycles. The molecule has 0 amide bonds. The lowest BCUT2D eigenvalue weighted by molar-refractivity contribution is 1.10. The van der Waals surface area contributed by atoms with E-state index >= 15 is 0 Å². The second-order valence-electron chi connectivity index (χ2n) is 3.43. The highest BCUT2D eigenvalue weighted by atomic mass is 35.5. The largest absolute Gasteiger partial charge is 0.331 e. The van der Waals surface area contributed by atoms with Crippen molar-refractivity contribution in [3.8, 4) is 0 Å². The molecule has 6 heteroatoms. The third-order valence-electron chi connectivity index (χ3n) is 2.07. The Labute approximate surface area is 115 Å². The van der Waals surface area contributed by atoms with Crippen molar-refractivity contribution in [3.63, 3.8) is 0 Å². The molecular weight excluding hydrogens is 268 g/mol. The molecule has 0 radical (unpaired) electrons. The lowest BCUT2D eigenvalue weighted by atomic mass is 10.3. The van der Waals surface area contributed by atoms with E-state index in [4.69, 9.17) is 23.8 Å². The number of hydrogen-bond acceptors (Lipinski definition) is 3. The van der Waals surface area contributed by atoms with Gasteiger partial charge < -0.3 is 5.32 Å². The standard InChI is InChI=1S/C12H11ClN4S/c13-9-4-6-10(7-5-9)15-12(18)17-16-11-3-1-2-8-14-11/h1-8H,(H,14,16)(H2,15,17,18). The van der Waals surface area contributed by atoms with E-state index in [0.29, 0.717) is 16.0 Å². The summed E-state index contributed by atoms with van der Waals surface area (Å²) in [5.74, 6) is 0.692. The number of halogens is 1. The van der Waals surface area contributed by atoms with Crippen molar-refractivity contribution in [2.45, 2.75) is 0 Å². The Kier molecular flexibility index (Phi) is 4.33. The van der Waals surface area contributed by atoms with Crippen molar-refractivity contribution in [1.29, 1.82) is 0 Å². The number of anilines is 2. The lowest BCUT2D eigenvalue weighted by Gasteiger charge is -2.11. The highest BCUT2D eigenvalue weighted by Crippen LogP contribution is 2.13. The molecule has 0 bridgehead atoms. The van der Waals surface area contributed by atoms with E-state index in [1.807, 2.05) is 30.3 Å². The summed E-state index contributed by atoms with van der Waals surface area (Å²) in [4.78, 5) is 4.09. The van der Waals surface area contributed by atoms with Crippen molar-refractivity contribution >= 4 is 40.4 Å². The number of aromatic nitrogens is 1. The maximum absolute atomic E-state index is 5.79. The minimum atomic E-state index is 0.447. The van der Waals surface area contributed by atoms with Gasteiger partial charge in [0, 0.05) is 16.9 Å². The zero-order chi connectivity index (χ0) is 12.8. The summed E-state index contributed by atoms with van der Waals surface area (Å²) in [5, 5.41) is 4.14. The first-order valence-electron chi connectivity index (χ1n) is 5.23. The molecule has 0 aliphatic rings. The van der Waals surface area contributed by atoms with Crippen LogP contribution in [-0.2, 0) is 0 Å². The van der Waals surface area contributed by atoms with Crippen LogP contribution in [0.4, 0.5) is 11.5 Å². The molecule has 0 saturated heterocycles. The van der Waals surface area contributed by atoms with E-state index in [1.54, 1.807) is 18.3 Å². The first kappa shape index (κ1) is 12.6. The molecule has 0 saturated carbocycles. The summed E-state index contributed by atoms with van der Waals surface area (Å²) in [5.41, 5.74) is 6.58. The van der Waals surface area contributed by atoms with Gasteiger partial charge in [0.1, 0.15) is 5.82 Å². The van der Waals surface area contributed by atoms with Crippen molar-refractivity contribution in [2.24, 2.45) is 0 Å². The first-order valence-corrected chi connectivity index (χ1v) is 6.02. The van der Waals surface area contributed by atoms with Crippen LogP contribution >= 0.6 is 23.8 Å². The zero-order valence-electron chi connectivity index (χ0n) is 9.35. The molecule has 3 N–H and O–H groups in total. The summed E-state index contributed by atoms with van der Waals surface area (Å²) < 4.78 is 0. The number of hydrazine groups is 1. The summed E-state index contributed by atoms with van der Waals surface area (Å²) in [6.45, 7) is 0. The van der Waals surface area contributed by atoms with Crippen LogP contribution in [0.1, 0.15) is 0 Å². The molecule has 4 nitrogen and oxygen atoms in total. The first-order chi connectivity index (χ1) is 8.74. The predicted octanol–water partition coefficient (Wildman–Crippen LogP) is 3.05. The van der Waals surface area contributed by atoms with Crippen LogP contribution in [0.25, 0.3) is 0 Å². The SMILES string of the molecule is S=C(NNc1ccccn1)Nc1ccc(Cl)cc1. The fourth-order valence-electron chi connectivity index (χ4n) is 1.25. The number of pyridine rings is 1. The van der Waals surface area contributed by atoms with Gasteiger partial charge in [-0.3, -0.25) is 10.9 Å². The van der Waals surface area contributed by atoms with Gasteiger partial charge in [-0.05, 0) is 48.6 Å². The smallest absolute Gasteiger partial charge is 0.189 e. The second kappa shape index (κ2) is 6.18. The summed E-state index contributed by atoms with van der Waals surface area (Å²) in [7, 11) is 0. The van der Waals surface area contributed by atoms with Gasteiger partial charge in [0.15, 0.2) is 5.11 Å². The summed E-state index contributed by atoms with van der Waals surface area (Å²) in [6.07, 6.45) is 1.69. The lowest BCUT2D eigenvalue weighted by Crippen LogP contribution is -2.33. The quantitative estimate of drug-likeness (QED) is 0.595.